The van der Waals surface area contributed by atoms with E-state index in [0.717, 1.165) is 22.3 Å². The lowest BCUT2D eigenvalue weighted by Crippen LogP contribution is -2.28. The van der Waals surface area contributed by atoms with Gasteiger partial charge in [-0.3, -0.25) is 0 Å². The number of hydrogen-bond acceptors (Lipinski definition) is 3. The van der Waals surface area contributed by atoms with E-state index in [1.807, 2.05) is 36.4 Å². The van der Waals surface area contributed by atoms with Gasteiger partial charge in [0.15, 0.2) is 0 Å². The molecule has 0 N–H and O–H groups in total. The Morgan fingerprint density at radius 3 is 0.879 bits per heavy atom. The maximum atomic E-state index is 13.6. The van der Waals surface area contributed by atoms with E-state index in [0.29, 0.717) is 11.1 Å². The Hall–Kier alpha value is -2.42. The SMILES string of the molecule is CC(C)(C)c1cccc(C(C)(C)C)c1C(=O)OC(=O)c1c(C(C)(C)C)cccc1C(C)(C)C. The van der Waals surface area contributed by atoms with Crippen molar-refractivity contribution in [2.24, 2.45) is 0 Å². The van der Waals surface area contributed by atoms with E-state index in [2.05, 4.69) is 83.1 Å². The highest BCUT2D eigenvalue weighted by molar-refractivity contribution is 6.05. The van der Waals surface area contributed by atoms with E-state index in [1.54, 1.807) is 0 Å². The topological polar surface area (TPSA) is 43.4 Å². The number of benzene rings is 2. The first kappa shape index (κ1) is 26.8. The summed E-state index contributed by atoms with van der Waals surface area (Å²) in [5.41, 5.74) is 3.41. The summed E-state index contributed by atoms with van der Waals surface area (Å²) >= 11 is 0. The lowest BCUT2D eigenvalue weighted by atomic mass is 9.76. The summed E-state index contributed by atoms with van der Waals surface area (Å²) in [7, 11) is 0. The normalized spacial score (nSPS) is 13.1. The van der Waals surface area contributed by atoms with E-state index in [1.165, 1.54) is 0 Å². The van der Waals surface area contributed by atoms with Crippen molar-refractivity contribution in [2.45, 2.75) is 105 Å². The molecule has 0 bridgehead atoms. The summed E-state index contributed by atoms with van der Waals surface area (Å²) in [6.07, 6.45) is 0. The van der Waals surface area contributed by atoms with Gasteiger partial charge >= 0.3 is 11.9 Å². The molecule has 0 spiro atoms. The van der Waals surface area contributed by atoms with Crippen LogP contribution in [-0.2, 0) is 26.4 Å². The lowest BCUT2D eigenvalue weighted by Gasteiger charge is -2.30. The zero-order valence-electron chi connectivity index (χ0n) is 22.7. The average Bonchev–Trinajstić information content (AvgIpc) is 2.63. The molecular weight excluding hydrogens is 408 g/mol. The Morgan fingerprint density at radius 1 is 0.485 bits per heavy atom. The van der Waals surface area contributed by atoms with Gasteiger partial charge in [0, 0.05) is 0 Å². The molecule has 0 aromatic heterocycles. The van der Waals surface area contributed by atoms with Gasteiger partial charge in [0.1, 0.15) is 0 Å². The number of esters is 2. The van der Waals surface area contributed by atoms with Crippen LogP contribution >= 0.6 is 0 Å². The highest BCUT2D eigenvalue weighted by atomic mass is 16.6. The van der Waals surface area contributed by atoms with Crippen molar-refractivity contribution in [1.29, 1.82) is 0 Å². The largest absolute Gasteiger partial charge is 0.386 e. The van der Waals surface area contributed by atoms with Gasteiger partial charge in [-0.25, -0.2) is 9.59 Å². The Balaban J connectivity index is 2.69. The van der Waals surface area contributed by atoms with Crippen LogP contribution in [0.3, 0.4) is 0 Å². The maximum absolute atomic E-state index is 13.6. The van der Waals surface area contributed by atoms with Crippen LogP contribution in [0.15, 0.2) is 36.4 Å². The van der Waals surface area contributed by atoms with Crippen molar-refractivity contribution in [3.63, 3.8) is 0 Å². The maximum Gasteiger partial charge on any atom is 0.346 e. The van der Waals surface area contributed by atoms with Crippen LogP contribution in [0.1, 0.15) is 126 Å². The number of carbonyl (C=O) groups is 2. The zero-order valence-corrected chi connectivity index (χ0v) is 22.7. The van der Waals surface area contributed by atoms with Gasteiger partial charge in [0.25, 0.3) is 0 Å². The average molecular weight is 451 g/mol. The van der Waals surface area contributed by atoms with Crippen LogP contribution in [0.5, 0.6) is 0 Å². The fourth-order valence-electron chi connectivity index (χ4n) is 4.23. The number of carbonyl (C=O) groups excluding carboxylic acids is 2. The quantitative estimate of drug-likeness (QED) is 0.345. The molecule has 2 aromatic rings. The summed E-state index contributed by atoms with van der Waals surface area (Å²) in [5, 5.41) is 0. The Bertz CT molecular complexity index is 896. The first-order valence-corrected chi connectivity index (χ1v) is 11.8. The van der Waals surface area contributed by atoms with E-state index < -0.39 is 11.9 Å². The summed E-state index contributed by atoms with van der Waals surface area (Å²) in [6, 6.07) is 11.8. The molecule has 0 radical (unpaired) electrons. The second-order valence-corrected chi connectivity index (χ2v) is 13.1. The molecule has 0 fully saturated rings. The second-order valence-electron chi connectivity index (χ2n) is 13.1. The summed E-state index contributed by atoms with van der Waals surface area (Å²) < 4.78 is 5.69. The lowest BCUT2D eigenvalue weighted by molar-refractivity contribution is 0.0390. The van der Waals surface area contributed by atoms with Gasteiger partial charge < -0.3 is 4.74 Å². The predicted molar refractivity (Wildman–Crippen MR) is 137 cm³/mol. The number of hydrogen-bond donors (Lipinski definition) is 0. The molecule has 33 heavy (non-hydrogen) atoms. The molecule has 0 saturated heterocycles. The van der Waals surface area contributed by atoms with Crippen LogP contribution in [0.4, 0.5) is 0 Å². The van der Waals surface area contributed by atoms with Gasteiger partial charge in [-0.15, -0.1) is 0 Å². The first-order chi connectivity index (χ1) is 14.8. The van der Waals surface area contributed by atoms with Gasteiger partial charge in [0.2, 0.25) is 0 Å². The van der Waals surface area contributed by atoms with E-state index in [9.17, 15) is 9.59 Å². The molecule has 3 heteroatoms. The summed E-state index contributed by atoms with van der Waals surface area (Å²) in [4.78, 5) is 27.3. The van der Waals surface area contributed by atoms with Gasteiger partial charge in [0.05, 0.1) is 11.1 Å². The van der Waals surface area contributed by atoms with Crippen LogP contribution in [0.2, 0.25) is 0 Å². The van der Waals surface area contributed by atoms with E-state index in [-0.39, 0.29) is 21.7 Å². The van der Waals surface area contributed by atoms with Crippen LogP contribution in [-0.4, -0.2) is 11.9 Å². The molecule has 0 saturated carbocycles. The van der Waals surface area contributed by atoms with Crippen LogP contribution in [0.25, 0.3) is 0 Å². The summed E-state index contributed by atoms with van der Waals surface area (Å²) in [6.45, 7) is 24.8. The third kappa shape index (κ3) is 5.93. The fourth-order valence-corrected chi connectivity index (χ4v) is 4.23. The van der Waals surface area contributed by atoms with Gasteiger partial charge in [-0.1, -0.05) is 119 Å². The molecule has 0 atom stereocenters. The molecule has 0 heterocycles. The first-order valence-electron chi connectivity index (χ1n) is 11.8. The van der Waals surface area contributed by atoms with E-state index >= 15 is 0 Å². The molecular formula is C30H42O3. The minimum absolute atomic E-state index is 0.279. The molecule has 2 aromatic carbocycles. The molecule has 2 rings (SSSR count). The standard InChI is InChI=1S/C30H42O3/c1-27(2,3)19-15-13-16-20(28(4,5)6)23(19)25(31)33-26(32)24-21(29(7,8)9)17-14-18-22(24)30(10,11)12/h13-18H,1-12H3. The van der Waals surface area contributed by atoms with Gasteiger partial charge in [-0.05, 0) is 43.9 Å². The van der Waals surface area contributed by atoms with Crippen molar-refractivity contribution in [3.05, 3.63) is 69.8 Å². The number of rotatable bonds is 2. The minimum Gasteiger partial charge on any atom is -0.386 e. The molecule has 0 amide bonds. The third-order valence-corrected chi connectivity index (χ3v) is 5.95. The molecule has 0 aliphatic carbocycles. The Labute approximate surface area is 200 Å². The summed E-state index contributed by atoms with van der Waals surface area (Å²) in [5.74, 6) is -1.17. The highest BCUT2D eigenvalue weighted by Crippen LogP contribution is 2.37. The Kier molecular flexibility index (Phi) is 7.11. The predicted octanol–water partition coefficient (Wildman–Crippen LogP) is 7.87. The van der Waals surface area contributed by atoms with Gasteiger partial charge in [-0.2, -0.15) is 0 Å². The zero-order chi connectivity index (χ0) is 25.6. The molecule has 0 unspecified atom stereocenters. The smallest absolute Gasteiger partial charge is 0.346 e. The molecule has 3 nitrogen and oxygen atoms in total. The van der Waals surface area contributed by atoms with Crippen molar-refractivity contribution < 1.29 is 14.3 Å². The molecule has 0 aliphatic heterocycles. The van der Waals surface area contributed by atoms with Crippen LogP contribution < -0.4 is 0 Å². The second kappa shape index (κ2) is 8.74. The van der Waals surface area contributed by atoms with Crippen molar-refractivity contribution in [1.82, 2.24) is 0 Å². The minimum atomic E-state index is -0.584. The monoisotopic (exact) mass is 450 g/mol. The molecule has 180 valence electrons. The van der Waals surface area contributed by atoms with Crippen molar-refractivity contribution in [3.8, 4) is 0 Å². The van der Waals surface area contributed by atoms with E-state index in [4.69, 9.17) is 4.74 Å². The number of ether oxygens (including phenoxy) is 1. The Morgan fingerprint density at radius 2 is 0.697 bits per heavy atom. The molecule has 0 aliphatic rings. The van der Waals surface area contributed by atoms with Crippen LogP contribution in [0, 0.1) is 0 Å². The highest BCUT2D eigenvalue weighted by Gasteiger charge is 2.34. The van der Waals surface area contributed by atoms with Crippen molar-refractivity contribution in [2.75, 3.05) is 0 Å². The third-order valence-electron chi connectivity index (χ3n) is 5.95. The fraction of sp³-hybridized carbons (Fsp3) is 0.533. The van der Waals surface area contributed by atoms with Crippen molar-refractivity contribution >= 4 is 11.9 Å².